The average molecular weight is 337 g/mol. The quantitative estimate of drug-likeness (QED) is 0.726. The van der Waals surface area contributed by atoms with Gasteiger partial charge < -0.3 is 14.5 Å². The van der Waals surface area contributed by atoms with Crippen molar-refractivity contribution in [2.75, 3.05) is 5.32 Å². The molecule has 0 saturated heterocycles. The van der Waals surface area contributed by atoms with Gasteiger partial charge in [-0.3, -0.25) is 4.79 Å². The third kappa shape index (κ3) is 3.85. The number of nitrogens with zero attached hydrogens (tertiary/aromatic N) is 2. The lowest BCUT2D eigenvalue weighted by Gasteiger charge is -2.13. The van der Waals surface area contributed by atoms with Gasteiger partial charge in [0.2, 0.25) is 0 Å². The molecule has 1 atom stereocenters. The van der Waals surface area contributed by atoms with Crippen LogP contribution in [0.15, 0.2) is 54.9 Å². The number of benzene rings is 1. The molecule has 25 heavy (non-hydrogen) atoms. The molecule has 6 nitrogen and oxygen atoms in total. The predicted molar refractivity (Wildman–Crippen MR) is 94.5 cm³/mol. The molecule has 0 unspecified atom stereocenters. The third-order valence-corrected chi connectivity index (χ3v) is 3.86. The number of pyridine rings is 1. The summed E-state index contributed by atoms with van der Waals surface area (Å²) in [6.07, 6.45) is 3.37. The van der Waals surface area contributed by atoms with Crippen LogP contribution < -0.4 is 5.32 Å². The van der Waals surface area contributed by atoms with Gasteiger partial charge in [-0.15, -0.1) is 0 Å². The molecule has 2 heterocycles. The van der Waals surface area contributed by atoms with Crippen molar-refractivity contribution < 1.29 is 14.3 Å². The summed E-state index contributed by atoms with van der Waals surface area (Å²) in [7, 11) is 0. The van der Waals surface area contributed by atoms with Gasteiger partial charge in [-0.1, -0.05) is 25.1 Å². The van der Waals surface area contributed by atoms with Crippen LogP contribution in [0.3, 0.4) is 0 Å². The first-order chi connectivity index (χ1) is 12.1. The maximum atomic E-state index is 12.2. The van der Waals surface area contributed by atoms with E-state index in [0.29, 0.717) is 11.3 Å². The van der Waals surface area contributed by atoms with Crippen molar-refractivity contribution in [2.45, 2.75) is 26.4 Å². The van der Waals surface area contributed by atoms with E-state index in [2.05, 4.69) is 17.2 Å². The van der Waals surface area contributed by atoms with Crippen LogP contribution in [0.4, 0.5) is 5.69 Å². The number of hydrogen-bond donors (Lipinski definition) is 1. The second-order valence-corrected chi connectivity index (χ2v) is 5.68. The number of aryl methyl sites for hydroxylation is 1. The van der Waals surface area contributed by atoms with Gasteiger partial charge in [0.05, 0.1) is 0 Å². The maximum Gasteiger partial charge on any atom is 0.359 e. The molecule has 3 aromatic rings. The van der Waals surface area contributed by atoms with Crippen LogP contribution in [0.1, 0.15) is 29.9 Å². The van der Waals surface area contributed by atoms with E-state index in [9.17, 15) is 9.59 Å². The number of hydrogen-bond acceptors (Lipinski definition) is 4. The van der Waals surface area contributed by atoms with Crippen molar-refractivity contribution in [1.82, 2.24) is 9.38 Å². The normalized spacial score (nSPS) is 11.9. The minimum absolute atomic E-state index is 0.165. The van der Waals surface area contributed by atoms with E-state index in [0.717, 1.165) is 6.42 Å². The van der Waals surface area contributed by atoms with E-state index < -0.39 is 12.1 Å². The van der Waals surface area contributed by atoms with Gasteiger partial charge in [0.25, 0.3) is 5.91 Å². The van der Waals surface area contributed by atoms with Crippen LogP contribution in [-0.4, -0.2) is 27.4 Å². The molecule has 6 heteroatoms. The van der Waals surface area contributed by atoms with Gasteiger partial charge in [0.1, 0.15) is 5.65 Å². The van der Waals surface area contributed by atoms with E-state index in [1.165, 1.54) is 12.5 Å². The number of imidazole rings is 1. The maximum absolute atomic E-state index is 12.2. The Labute approximate surface area is 145 Å². The average Bonchev–Trinajstić information content (AvgIpc) is 3.06. The summed E-state index contributed by atoms with van der Waals surface area (Å²) in [6.45, 7) is 3.60. The molecule has 1 N–H and O–H groups in total. The zero-order valence-electron chi connectivity index (χ0n) is 14.1. The first kappa shape index (κ1) is 16.7. The number of carbonyl (C=O) groups excluding carboxylic acids is 2. The molecule has 0 fully saturated rings. The molecule has 0 aliphatic heterocycles. The smallest absolute Gasteiger partial charge is 0.359 e. The van der Waals surface area contributed by atoms with Crippen molar-refractivity contribution in [3.63, 3.8) is 0 Å². The Balaban J connectivity index is 1.62. The van der Waals surface area contributed by atoms with Crippen molar-refractivity contribution in [3.8, 4) is 0 Å². The molecule has 0 bridgehead atoms. The van der Waals surface area contributed by atoms with Crippen LogP contribution >= 0.6 is 0 Å². The van der Waals surface area contributed by atoms with Gasteiger partial charge in [-0.2, -0.15) is 0 Å². The number of ether oxygens (including phenoxy) is 1. The summed E-state index contributed by atoms with van der Waals surface area (Å²) in [5, 5.41) is 2.73. The number of aromatic nitrogens is 2. The Bertz CT molecular complexity index is 867. The molecule has 0 radical (unpaired) electrons. The first-order valence-corrected chi connectivity index (χ1v) is 8.11. The molecular formula is C19H19N3O3. The van der Waals surface area contributed by atoms with Crippen LogP contribution in [-0.2, 0) is 16.0 Å². The number of anilines is 1. The zero-order chi connectivity index (χ0) is 17.8. The molecule has 0 aliphatic carbocycles. The zero-order valence-corrected chi connectivity index (χ0v) is 14.1. The largest absolute Gasteiger partial charge is 0.448 e. The molecule has 0 spiro atoms. The van der Waals surface area contributed by atoms with E-state index in [-0.39, 0.29) is 11.6 Å². The van der Waals surface area contributed by atoms with Crippen molar-refractivity contribution >= 4 is 23.2 Å². The Hall–Kier alpha value is -3.15. The number of rotatable bonds is 5. The second kappa shape index (κ2) is 7.17. The summed E-state index contributed by atoms with van der Waals surface area (Å²) in [4.78, 5) is 28.6. The van der Waals surface area contributed by atoms with Crippen LogP contribution in [0.5, 0.6) is 0 Å². The number of carbonyl (C=O) groups is 2. The second-order valence-electron chi connectivity index (χ2n) is 5.68. The highest BCUT2D eigenvalue weighted by atomic mass is 16.5. The fourth-order valence-corrected chi connectivity index (χ4v) is 2.38. The first-order valence-electron chi connectivity index (χ1n) is 8.11. The third-order valence-electron chi connectivity index (χ3n) is 3.86. The lowest BCUT2D eigenvalue weighted by atomic mass is 10.1. The summed E-state index contributed by atoms with van der Waals surface area (Å²) in [5.74, 6) is -1.02. The molecular weight excluding hydrogens is 318 g/mol. The van der Waals surface area contributed by atoms with Crippen LogP contribution in [0.25, 0.3) is 5.65 Å². The Morgan fingerprint density at radius 2 is 1.96 bits per heavy atom. The fraction of sp³-hybridized carbons (Fsp3) is 0.211. The molecule has 128 valence electrons. The standard InChI is InChI=1S/C19H19N3O3/c1-3-14-7-9-15(10-8-14)20-18(23)13(2)25-19(24)16-12-22-11-5-4-6-17(22)21-16/h4-13H,3H2,1-2H3,(H,20,23)/t13-/m1/s1. The highest BCUT2D eigenvalue weighted by molar-refractivity contribution is 5.96. The van der Waals surface area contributed by atoms with Crippen LogP contribution in [0, 0.1) is 0 Å². The SMILES string of the molecule is CCc1ccc(NC(=O)[C@@H](C)OC(=O)c2cn3ccccc3n2)cc1. The van der Waals surface area contributed by atoms with Crippen molar-refractivity contribution in [1.29, 1.82) is 0 Å². The van der Waals surface area contributed by atoms with Crippen molar-refractivity contribution in [3.05, 3.63) is 66.1 Å². The monoisotopic (exact) mass is 337 g/mol. The summed E-state index contributed by atoms with van der Waals surface area (Å²) >= 11 is 0. The van der Waals surface area contributed by atoms with E-state index in [1.807, 2.05) is 36.4 Å². The lowest BCUT2D eigenvalue weighted by Crippen LogP contribution is -2.30. The summed E-state index contributed by atoms with van der Waals surface area (Å²) in [6, 6.07) is 13.0. The fourth-order valence-electron chi connectivity index (χ4n) is 2.38. The number of nitrogens with one attached hydrogen (secondary N) is 1. The molecule has 3 rings (SSSR count). The number of fused-ring (bicyclic) bond motifs is 1. The minimum atomic E-state index is -0.928. The highest BCUT2D eigenvalue weighted by Gasteiger charge is 2.21. The molecule has 0 aliphatic rings. The van der Waals surface area contributed by atoms with Gasteiger partial charge in [-0.25, -0.2) is 9.78 Å². The number of amides is 1. The highest BCUT2D eigenvalue weighted by Crippen LogP contribution is 2.12. The summed E-state index contributed by atoms with van der Waals surface area (Å²) < 4.78 is 6.94. The molecule has 2 aromatic heterocycles. The summed E-state index contributed by atoms with van der Waals surface area (Å²) in [5.41, 5.74) is 2.66. The molecule has 1 amide bonds. The van der Waals surface area contributed by atoms with Gasteiger partial charge in [-0.05, 0) is 43.2 Å². The molecule has 0 saturated carbocycles. The predicted octanol–water partition coefficient (Wildman–Crippen LogP) is 3.08. The van der Waals surface area contributed by atoms with E-state index >= 15 is 0 Å². The van der Waals surface area contributed by atoms with Gasteiger partial charge in [0, 0.05) is 18.1 Å². The Kier molecular flexibility index (Phi) is 4.79. The minimum Gasteiger partial charge on any atom is -0.448 e. The van der Waals surface area contributed by atoms with E-state index in [4.69, 9.17) is 4.74 Å². The Morgan fingerprint density at radius 1 is 1.20 bits per heavy atom. The Morgan fingerprint density at radius 3 is 2.64 bits per heavy atom. The molecule has 1 aromatic carbocycles. The van der Waals surface area contributed by atoms with Crippen molar-refractivity contribution in [2.24, 2.45) is 0 Å². The van der Waals surface area contributed by atoms with Crippen LogP contribution in [0.2, 0.25) is 0 Å². The van der Waals surface area contributed by atoms with E-state index in [1.54, 1.807) is 22.9 Å². The number of esters is 1. The van der Waals surface area contributed by atoms with Gasteiger partial charge >= 0.3 is 5.97 Å². The topological polar surface area (TPSA) is 72.7 Å². The van der Waals surface area contributed by atoms with Gasteiger partial charge in [0.15, 0.2) is 11.8 Å². The lowest BCUT2D eigenvalue weighted by molar-refractivity contribution is -0.123.